The van der Waals surface area contributed by atoms with Crippen molar-refractivity contribution in [3.05, 3.63) is 42.0 Å². The Morgan fingerprint density at radius 1 is 1.17 bits per heavy atom. The molecule has 4 rings (SSSR count). The van der Waals surface area contributed by atoms with Crippen LogP contribution in [-0.2, 0) is 4.79 Å². The van der Waals surface area contributed by atoms with Crippen LogP contribution < -0.4 is 9.64 Å². The third-order valence-electron chi connectivity index (χ3n) is 5.75. The third-order valence-corrected chi connectivity index (χ3v) is 5.75. The predicted molar refractivity (Wildman–Crippen MR) is 108 cm³/mol. The van der Waals surface area contributed by atoms with Crippen LogP contribution >= 0.6 is 0 Å². The van der Waals surface area contributed by atoms with Gasteiger partial charge in [-0.25, -0.2) is 0 Å². The Hall–Kier alpha value is -3.23. The van der Waals surface area contributed by atoms with Crippen molar-refractivity contribution < 1.29 is 9.53 Å². The Labute approximate surface area is 169 Å². The minimum atomic E-state index is 0.00956. The van der Waals surface area contributed by atoms with Gasteiger partial charge in [0.25, 0.3) is 0 Å². The summed E-state index contributed by atoms with van der Waals surface area (Å²) in [7, 11) is 3.54. The van der Waals surface area contributed by atoms with Crippen LogP contribution in [0.3, 0.4) is 0 Å². The molecule has 0 aliphatic carbocycles. The molecule has 1 unspecified atom stereocenters. The van der Waals surface area contributed by atoms with Gasteiger partial charge in [-0.1, -0.05) is 12.1 Å². The highest BCUT2D eigenvalue weighted by molar-refractivity contribution is 5.79. The molecular weight excluding hydrogens is 370 g/mol. The molecule has 1 aliphatic heterocycles. The first-order valence-electron chi connectivity index (χ1n) is 9.78. The quantitative estimate of drug-likeness (QED) is 0.652. The number of piperidine rings is 1. The summed E-state index contributed by atoms with van der Waals surface area (Å²) in [6, 6.07) is 11.7. The van der Waals surface area contributed by atoms with E-state index in [0.717, 1.165) is 43.1 Å². The first-order chi connectivity index (χ1) is 14.1. The second kappa shape index (κ2) is 8.02. The predicted octanol–water partition coefficient (Wildman–Crippen LogP) is 1.96. The summed E-state index contributed by atoms with van der Waals surface area (Å²) in [4.78, 5) is 17.1. The van der Waals surface area contributed by atoms with E-state index in [1.54, 1.807) is 7.11 Å². The largest absolute Gasteiger partial charge is 0.497 e. The fourth-order valence-electron chi connectivity index (χ4n) is 3.75. The number of tetrazole rings is 1. The normalized spacial score (nSPS) is 16.0. The van der Waals surface area contributed by atoms with Gasteiger partial charge in [0.2, 0.25) is 5.91 Å². The summed E-state index contributed by atoms with van der Waals surface area (Å²) in [5.41, 5.74) is 1.71. The summed E-state index contributed by atoms with van der Waals surface area (Å²) in [6.07, 6.45) is 1.60. The highest BCUT2D eigenvalue weighted by Crippen LogP contribution is 2.27. The van der Waals surface area contributed by atoms with Crippen LogP contribution in [0, 0.1) is 5.92 Å². The Bertz CT molecular complexity index is 980. The van der Waals surface area contributed by atoms with Crippen molar-refractivity contribution in [3.8, 4) is 5.75 Å². The highest BCUT2D eigenvalue weighted by Gasteiger charge is 2.30. The molecule has 0 bridgehead atoms. The van der Waals surface area contributed by atoms with E-state index in [-0.39, 0.29) is 17.9 Å². The smallest absolute Gasteiger partial charge is 0.226 e. The topological polar surface area (TPSA) is 88.8 Å². The number of hydrogen-bond donors (Lipinski definition) is 0. The maximum absolute atomic E-state index is 13.1. The molecule has 0 saturated carbocycles. The molecular formula is C20H25N7O2. The number of methoxy groups -OCH3 is 1. The summed E-state index contributed by atoms with van der Waals surface area (Å²) in [6.45, 7) is 3.61. The van der Waals surface area contributed by atoms with Gasteiger partial charge in [-0.15, -0.1) is 14.8 Å². The lowest BCUT2D eigenvalue weighted by molar-refractivity contribution is -0.136. The van der Waals surface area contributed by atoms with Gasteiger partial charge in [0.1, 0.15) is 5.75 Å². The highest BCUT2D eigenvalue weighted by atomic mass is 16.5. The Morgan fingerprint density at radius 2 is 1.90 bits per heavy atom. The fourth-order valence-corrected chi connectivity index (χ4v) is 3.75. The van der Waals surface area contributed by atoms with Crippen LogP contribution in [0.1, 0.15) is 31.4 Å². The van der Waals surface area contributed by atoms with E-state index in [9.17, 15) is 4.79 Å². The number of nitrogens with zero attached hydrogens (tertiary/aromatic N) is 7. The minimum absolute atomic E-state index is 0.00956. The van der Waals surface area contributed by atoms with Gasteiger partial charge in [-0.3, -0.25) is 4.79 Å². The van der Waals surface area contributed by atoms with Crippen molar-refractivity contribution >= 4 is 17.4 Å². The number of hydrogen-bond acceptors (Lipinski definition) is 7. The number of rotatable bonds is 5. The molecule has 1 aliphatic rings. The van der Waals surface area contributed by atoms with E-state index in [0.29, 0.717) is 5.65 Å². The number of aromatic nitrogens is 5. The first kappa shape index (κ1) is 19.1. The lowest BCUT2D eigenvalue weighted by Gasteiger charge is -2.35. The van der Waals surface area contributed by atoms with E-state index in [2.05, 4.69) is 32.4 Å². The van der Waals surface area contributed by atoms with Gasteiger partial charge in [0.05, 0.1) is 13.2 Å². The molecule has 2 aromatic heterocycles. The van der Waals surface area contributed by atoms with Gasteiger partial charge >= 0.3 is 0 Å². The van der Waals surface area contributed by atoms with E-state index in [4.69, 9.17) is 4.74 Å². The van der Waals surface area contributed by atoms with E-state index in [1.165, 1.54) is 4.63 Å². The molecule has 0 radical (unpaired) electrons. The molecule has 1 atom stereocenters. The number of amides is 1. The first-order valence-corrected chi connectivity index (χ1v) is 9.78. The number of carbonyl (C=O) groups is 1. The van der Waals surface area contributed by atoms with Crippen LogP contribution in [0.4, 0.5) is 5.82 Å². The fraction of sp³-hybridized carbons (Fsp3) is 0.450. The summed E-state index contributed by atoms with van der Waals surface area (Å²) >= 11 is 0. The average Bonchev–Trinajstić information content (AvgIpc) is 3.25. The number of ether oxygens (including phenoxy) is 1. The lowest BCUT2D eigenvalue weighted by atomic mass is 9.94. The molecule has 29 heavy (non-hydrogen) atoms. The standard InChI is InChI=1S/C20H25N7O2/c1-14(15-4-6-17(29-3)7-5-15)25(2)20(28)16-10-12-26(13-11-16)19-9-8-18-21-23-24-27(18)22-19/h4-9,14,16H,10-13H2,1-3H3. The lowest BCUT2D eigenvalue weighted by Crippen LogP contribution is -2.42. The Kier molecular flexibility index (Phi) is 5.28. The van der Waals surface area contributed by atoms with Crippen molar-refractivity contribution in [1.82, 2.24) is 30.2 Å². The minimum Gasteiger partial charge on any atom is -0.497 e. The molecule has 152 valence electrons. The van der Waals surface area contributed by atoms with E-state index >= 15 is 0 Å². The van der Waals surface area contributed by atoms with Crippen molar-refractivity contribution in [3.63, 3.8) is 0 Å². The number of benzene rings is 1. The van der Waals surface area contributed by atoms with Crippen molar-refractivity contribution in [1.29, 1.82) is 0 Å². The van der Waals surface area contributed by atoms with Gasteiger partial charge in [-0.05, 0) is 60.0 Å². The van der Waals surface area contributed by atoms with Crippen molar-refractivity contribution in [2.75, 3.05) is 32.1 Å². The van der Waals surface area contributed by atoms with Gasteiger partial charge in [0, 0.05) is 26.1 Å². The number of carbonyl (C=O) groups excluding carboxylic acids is 1. The van der Waals surface area contributed by atoms with Gasteiger partial charge in [0.15, 0.2) is 11.5 Å². The van der Waals surface area contributed by atoms with Crippen LogP contribution in [0.25, 0.3) is 5.65 Å². The van der Waals surface area contributed by atoms with E-state index < -0.39 is 0 Å². The molecule has 9 nitrogen and oxygen atoms in total. The molecule has 0 N–H and O–H groups in total. The summed E-state index contributed by atoms with van der Waals surface area (Å²) in [5, 5.41) is 15.8. The van der Waals surface area contributed by atoms with Crippen LogP contribution in [0.2, 0.25) is 0 Å². The summed E-state index contributed by atoms with van der Waals surface area (Å²) in [5.74, 6) is 1.86. The SMILES string of the molecule is COc1ccc(C(C)N(C)C(=O)C2CCN(c3ccc4nnnn4n3)CC2)cc1. The molecule has 9 heteroatoms. The molecule has 1 aromatic carbocycles. The zero-order chi connectivity index (χ0) is 20.4. The van der Waals surface area contributed by atoms with Crippen LogP contribution in [0.5, 0.6) is 5.75 Å². The summed E-state index contributed by atoms with van der Waals surface area (Å²) < 4.78 is 6.64. The van der Waals surface area contributed by atoms with Gasteiger partial charge < -0.3 is 14.5 Å². The molecule has 3 heterocycles. The van der Waals surface area contributed by atoms with Crippen LogP contribution in [0.15, 0.2) is 36.4 Å². The Balaban J connectivity index is 1.37. The second-order valence-corrected chi connectivity index (χ2v) is 7.38. The molecule has 0 spiro atoms. The number of fused-ring (bicyclic) bond motifs is 1. The van der Waals surface area contributed by atoms with E-state index in [1.807, 2.05) is 48.3 Å². The molecule has 1 amide bonds. The second-order valence-electron chi connectivity index (χ2n) is 7.38. The maximum atomic E-state index is 13.1. The molecule has 3 aromatic rings. The third kappa shape index (κ3) is 3.85. The van der Waals surface area contributed by atoms with Crippen LogP contribution in [-0.4, -0.2) is 63.3 Å². The monoisotopic (exact) mass is 395 g/mol. The average molecular weight is 395 g/mol. The van der Waals surface area contributed by atoms with Crippen molar-refractivity contribution in [2.45, 2.75) is 25.8 Å². The number of anilines is 1. The molecule has 1 saturated heterocycles. The Morgan fingerprint density at radius 3 is 2.59 bits per heavy atom. The maximum Gasteiger partial charge on any atom is 0.226 e. The molecule has 1 fully saturated rings. The zero-order valence-electron chi connectivity index (χ0n) is 16.9. The van der Waals surface area contributed by atoms with Crippen molar-refractivity contribution in [2.24, 2.45) is 5.92 Å². The van der Waals surface area contributed by atoms with Gasteiger partial charge in [-0.2, -0.15) is 0 Å². The zero-order valence-corrected chi connectivity index (χ0v) is 16.9.